The molecule has 0 aromatic rings. The molecule has 0 aliphatic carbocycles. The molecule has 88 valence electrons. The Morgan fingerprint density at radius 2 is 2.13 bits per heavy atom. The van der Waals surface area contributed by atoms with E-state index in [9.17, 15) is 4.79 Å². The Balaban J connectivity index is 2.59. The molecule has 0 spiro atoms. The van der Waals surface area contributed by atoms with Gasteiger partial charge in [0.05, 0.1) is 12.6 Å². The number of rotatable bonds is 1. The summed E-state index contributed by atoms with van der Waals surface area (Å²) in [6, 6.07) is -0.0742. The average molecular weight is 215 g/mol. The van der Waals surface area contributed by atoms with E-state index in [4.69, 9.17) is 9.84 Å². The smallest absolute Gasteiger partial charge is 0.410 e. The van der Waals surface area contributed by atoms with Crippen molar-refractivity contribution in [3.8, 4) is 0 Å². The van der Waals surface area contributed by atoms with Gasteiger partial charge in [-0.25, -0.2) is 4.79 Å². The SMILES string of the molecule is CC1C[C@H](CO)N(C(=O)OC(C)(C)C)C1. The predicted octanol–water partition coefficient (Wildman–Crippen LogP) is 1.62. The first kappa shape index (κ1) is 12.3. The quantitative estimate of drug-likeness (QED) is 0.723. The highest BCUT2D eigenvalue weighted by Crippen LogP contribution is 2.24. The summed E-state index contributed by atoms with van der Waals surface area (Å²) >= 11 is 0. The van der Waals surface area contributed by atoms with Gasteiger partial charge < -0.3 is 14.7 Å². The van der Waals surface area contributed by atoms with Crippen LogP contribution in [0.25, 0.3) is 0 Å². The second kappa shape index (κ2) is 4.39. The van der Waals surface area contributed by atoms with E-state index in [1.807, 2.05) is 20.8 Å². The lowest BCUT2D eigenvalue weighted by Crippen LogP contribution is -2.41. The molecule has 1 saturated heterocycles. The zero-order chi connectivity index (χ0) is 11.6. The first-order valence-corrected chi connectivity index (χ1v) is 5.44. The van der Waals surface area contributed by atoms with E-state index >= 15 is 0 Å². The number of hydrogen-bond acceptors (Lipinski definition) is 3. The molecule has 4 nitrogen and oxygen atoms in total. The number of hydrogen-bond donors (Lipinski definition) is 1. The van der Waals surface area contributed by atoms with Crippen LogP contribution in [0.1, 0.15) is 34.1 Å². The Hall–Kier alpha value is -0.770. The number of carbonyl (C=O) groups is 1. The normalized spacial score (nSPS) is 26.9. The van der Waals surface area contributed by atoms with Gasteiger partial charge in [-0.1, -0.05) is 6.92 Å². The number of aliphatic hydroxyl groups excluding tert-OH is 1. The van der Waals surface area contributed by atoms with Gasteiger partial charge in [-0.3, -0.25) is 0 Å². The molecular formula is C11H21NO3. The van der Waals surface area contributed by atoms with E-state index in [1.54, 1.807) is 4.90 Å². The molecule has 0 aromatic heterocycles. The van der Waals surface area contributed by atoms with Gasteiger partial charge in [0, 0.05) is 6.54 Å². The van der Waals surface area contributed by atoms with E-state index < -0.39 is 5.60 Å². The van der Waals surface area contributed by atoms with Crippen molar-refractivity contribution in [2.45, 2.75) is 45.8 Å². The Morgan fingerprint density at radius 3 is 2.60 bits per heavy atom. The minimum atomic E-state index is -0.469. The molecule has 1 heterocycles. The summed E-state index contributed by atoms with van der Waals surface area (Å²) in [5.74, 6) is 0.440. The number of ether oxygens (including phenoxy) is 1. The maximum Gasteiger partial charge on any atom is 0.410 e. The summed E-state index contributed by atoms with van der Waals surface area (Å²) in [5, 5.41) is 9.15. The van der Waals surface area contributed by atoms with Crippen molar-refractivity contribution in [1.29, 1.82) is 0 Å². The Bertz CT molecular complexity index is 234. The molecule has 1 rings (SSSR count). The van der Waals surface area contributed by atoms with Crippen molar-refractivity contribution in [2.24, 2.45) is 5.92 Å². The van der Waals surface area contributed by atoms with Crippen LogP contribution in [0, 0.1) is 5.92 Å². The number of nitrogens with zero attached hydrogens (tertiary/aromatic N) is 1. The summed E-state index contributed by atoms with van der Waals surface area (Å²) in [6.07, 6.45) is 0.543. The Labute approximate surface area is 91.2 Å². The summed E-state index contributed by atoms with van der Waals surface area (Å²) in [6.45, 7) is 8.31. The topological polar surface area (TPSA) is 49.8 Å². The molecule has 2 atom stereocenters. The number of aliphatic hydroxyl groups is 1. The highest BCUT2D eigenvalue weighted by atomic mass is 16.6. The Kier molecular flexibility index (Phi) is 3.60. The van der Waals surface area contributed by atoms with Gasteiger partial charge in [-0.2, -0.15) is 0 Å². The first-order valence-electron chi connectivity index (χ1n) is 5.44. The van der Waals surface area contributed by atoms with Gasteiger partial charge in [0.25, 0.3) is 0 Å². The molecule has 4 heteroatoms. The molecule has 1 aliphatic rings. The lowest BCUT2D eigenvalue weighted by Gasteiger charge is -2.27. The van der Waals surface area contributed by atoms with E-state index in [0.29, 0.717) is 12.5 Å². The average Bonchev–Trinajstić information content (AvgIpc) is 2.43. The molecule has 1 amide bonds. The van der Waals surface area contributed by atoms with Gasteiger partial charge in [0.15, 0.2) is 0 Å². The highest BCUT2D eigenvalue weighted by molar-refractivity contribution is 5.69. The maximum absolute atomic E-state index is 11.8. The van der Waals surface area contributed by atoms with E-state index in [2.05, 4.69) is 6.92 Å². The minimum absolute atomic E-state index is 0.0174. The van der Waals surface area contributed by atoms with Crippen molar-refractivity contribution < 1.29 is 14.6 Å². The molecule has 0 saturated carbocycles. The van der Waals surface area contributed by atoms with Crippen LogP contribution in [-0.4, -0.2) is 40.9 Å². The molecule has 0 aromatic carbocycles. The van der Waals surface area contributed by atoms with Crippen molar-refractivity contribution in [3.05, 3.63) is 0 Å². The second-order valence-electron chi connectivity index (χ2n) is 5.31. The third kappa shape index (κ3) is 3.38. The van der Waals surface area contributed by atoms with E-state index in [0.717, 1.165) is 6.42 Å². The Morgan fingerprint density at radius 1 is 1.53 bits per heavy atom. The standard InChI is InChI=1S/C11H21NO3/c1-8-5-9(7-13)12(6-8)10(14)15-11(2,3)4/h8-9,13H,5-7H2,1-4H3/t8?,9-/m1/s1. The van der Waals surface area contributed by atoms with Gasteiger partial charge in [0.2, 0.25) is 0 Å². The van der Waals surface area contributed by atoms with E-state index in [1.165, 1.54) is 0 Å². The summed E-state index contributed by atoms with van der Waals surface area (Å²) in [4.78, 5) is 13.4. The highest BCUT2D eigenvalue weighted by Gasteiger charge is 2.35. The van der Waals surface area contributed by atoms with Crippen LogP contribution in [-0.2, 0) is 4.74 Å². The lowest BCUT2D eigenvalue weighted by atomic mass is 10.1. The van der Waals surface area contributed by atoms with Crippen molar-refractivity contribution in [3.63, 3.8) is 0 Å². The van der Waals surface area contributed by atoms with Gasteiger partial charge in [0.1, 0.15) is 5.60 Å². The van der Waals surface area contributed by atoms with Crippen LogP contribution in [0.2, 0.25) is 0 Å². The summed E-state index contributed by atoms with van der Waals surface area (Å²) in [7, 11) is 0. The zero-order valence-corrected chi connectivity index (χ0v) is 9.99. The molecule has 0 radical (unpaired) electrons. The van der Waals surface area contributed by atoms with E-state index in [-0.39, 0.29) is 18.7 Å². The van der Waals surface area contributed by atoms with Crippen LogP contribution in [0.4, 0.5) is 4.79 Å². The van der Waals surface area contributed by atoms with Crippen LogP contribution in [0.15, 0.2) is 0 Å². The van der Waals surface area contributed by atoms with Gasteiger partial charge in [-0.05, 0) is 33.1 Å². The fraction of sp³-hybridized carbons (Fsp3) is 0.909. The molecule has 0 bridgehead atoms. The van der Waals surface area contributed by atoms with Crippen LogP contribution < -0.4 is 0 Å². The number of amides is 1. The molecule has 1 unspecified atom stereocenters. The first-order chi connectivity index (χ1) is 6.83. The summed E-state index contributed by atoms with van der Waals surface area (Å²) in [5.41, 5.74) is -0.469. The van der Waals surface area contributed by atoms with Crippen LogP contribution in [0.5, 0.6) is 0 Å². The van der Waals surface area contributed by atoms with Crippen LogP contribution >= 0.6 is 0 Å². The molecule has 15 heavy (non-hydrogen) atoms. The van der Waals surface area contributed by atoms with Gasteiger partial charge in [-0.15, -0.1) is 0 Å². The minimum Gasteiger partial charge on any atom is -0.444 e. The predicted molar refractivity (Wildman–Crippen MR) is 57.6 cm³/mol. The van der Waals surface area contributed by atoms with Crippen molar-refractivity contribution in [1.82, 2.24) is 4.90 Å². The van der Waals surface area contributed by atoms with Crippen LogP contribution in [0.3, 0.4) is 0 Å². The monoisotopic (exact) mass is 215 g/mol. The molecule has 1 aliphatic heterocycles. The second-order valence-corrected chi connectivity index (χ2v) is 5.31. The number of carbonyl (C=O) groups excluding carboxylic acids is 1. The molecule has 1 N–H and O–H groups in total. The fourth-order valence-electron chi connectivity index (χ4n) is 1.87. The zero-order valence-electron chi connectivity index (χ0n) is 9.99. The van der Waals surface area contributed by atoms with Gasteiger partial charge >= 0.3 is 6.09 Å². The maximum atomic E-state index is 11.8. The number of likely N-dealkylation sites (tertiary alicyclic amines) is 1. The lowest BCUT2D eigenvalue weighted by molar-refractivity contribution is 0.0173. The summed E-state index contributed by atoms with van der Waals surface area (Å²) < 4.78 is 5.28. The fourth-order valence-corrected chi connectivity index (χ4v) is 1.87. The van der Waals surface area contributed by atoms with Crippen molar-refractivity contribution >= 4 is 6.09 Å². The molecule has 1 fully saturated rings. The molecular weight excluding hydrogens is 194 g/mol. The third-order valence-corrected chi connectivity index (χ3v) is 2.46. The third-order valence-electron chi connectivity index (χ3n) is 2.46. The largest absolute Gasteiger partial charge is 0.444 e. The van der Waals surface area contributed by atoms with Crippen molar-refractivity contribution in [2.75, 3.05) is 13.2 Å².